The molecule has 1 aromatic rings. The van der Waals surface area contributed by atoms with Crippen molar-refractivity contribution in [2.75, 3.05) is 0 Å². The molecule has 0 bridgehead atoms. The summed E-state index contributed by atoms with van der Waals surface area (Å²) >= 11 is 4.94. The van der Waals surface area contributed by atoms with Crippen molar-refractivity contribution in [1.29, 1.82) is 0 Å². The number of nitrogens with zero attached hydrogens (tertiary/aromatic N) is 1. The number of thiocarbonyl (C=S) groups is 1. The molecule has 0 aliphatic carbocycles. The first-order valence-corrected chi connectivity index (χ1v) is 6.12. The third kappa shape index (κ3) is 3.51. The van der Waals surface area contributed by atoms with Gasteiger partial charge in [0.25, 0.3) is 5.91 Å². The van der Waals surface area contributed by atoms with Crippen molar-refractivity contribution in [3.8, 4) is 0 Å². The molecule has 0 aromatic heterocycles. The van der Waals surface area contributed by atoms with Crippen LogP contribution >= 0.6 is 12.2 Å². The van der Waals surface area contributed by atoms with E-state index in [4.69, 9.17) is 23.7 Å². The van der Waals surface area contributed by atoms with Gasteiger partial charge in [-0.3, -0.25) is 4.79 Å². The highest BCUT2D eigenvalue weighted by Gasteiger charge is 2.25. The van der Waals surface area contributed by atoms with Crippen LogP contribution in [0.5, 0.6) is 0 Å². The number of amides is 1. The van der Waals surface area contributed by atoms with Crippen molar-refractivity contribution in [3.63, 3.8) is 0 Å². The van der Waals surface area contributed by atoms with Crippen LogP contribution in [0.2, 0.25) is 0 Å². The Bertz CT molecular complexity index is 501. The molecule has 4 nitrogen and oxygen atoms in total. The Morgan fingerprint density at radius 1 is 1.42 bits per heavy atom. The van der Waals surface area contributed by atoms with Gasteiger partial charge < -0.3 is 16.4 Å². The summed E-state index contributed by atoms with van der Waals surface area (Å²) in [6.45, 7) is 5.49. The Labute approximate surface area is 116 Å². The van der Waals surface area contributed by atoms with E-state index in [-0.39, 0.29) is 22.7 Å². The predicted molar refractivity (Wildman–Crippen MR) is 76.4 cm³/mol. The van der Waals surface area contributed by atoms with Crippen LogP contribution in [0.4, 0.5) is 4.39 Å². The second-order valence-corrected chi connectivity index (χ2v) is 4.41. The van der Waals surface area contributed by atoms with Gasteiger partial charge in [0.2, 0.25) is 0 Å². The lowest BCUT2D eigenvalue weighted by Crippen LogP contribution is -2.41. The number of carbonyl (C=O) groups excluding carboxylic acids is 1. The van der Waals surface area contributed by atoms with Crippen molar-refractivity contribution < 1.29 is 9.18 Å². The van der Waals surface area contributed by atoms with E-state index in [2.05, 4.69) is 6.58 Å². The summed E-state index contributed by atoms with van der Waals surface area (Å²) in [4.78, 5) is 12.7. The van der Waals surface area contributed by atoms with E-state index >= 15 is 0 Å². The van der Waals surface area contributed by atoms with Crippen LogP contribution in [0.25, 0.3) is 0 Å². The number of benzene rings is 1. The highest BCUT2D eigenvalue weighted by molar-refractivity contribution is 7.80. The number of carbonyl (C=O) groups is 1. The summed E-state index contributed by atoms with van der Waals surface area (Å²) in [7, 11) is 0. The second-order valence-electron chi connectivity index (χ2n) is 3.99. The van der Waals surface area contributed by atoms with E-state index in [0.29, 0.717) is 6.42 Å². The van der Waals surface area contributed by atoms with Crippen molar-refractivity contribution in [2.45, 2.75) is 19.4 Å². The van der Waals surface area contributed by atoms with E-state index in [1.807, 2.05) is 6.92 Å². The topological polar surface area (TPSA) is 72.4 Å². The number of nitrogens with two attached hydrogens (primary N) is 2. The average Bonchev–Trinajstić information content (AvgIpc) is 2.35. The van der Waals surface area contributed by atoms with Gasteiger partial charge in [-0.25, -0.2) is 4.39 Å². The molecule has 0 saturated heterocycles. The Balaban J connectivity index is 3.17. The molecule has 0 saturated carbocycles. The Morgan fingerprint density at radius 3 is 2.32 bits per heavy atom. The maximum Gasteiger partial charge on any atom is 0.264 e. The van der Waals surface area contributed by atoms with E-state index in [9.17, 15) is 9.18 Å². The van der Waals surface area contributed by atoms with Gasteiger partial charge in [0.05, 0.1) is 6.04 Å². The zero-order chi connectivity index (χ0) is 14.6. The summed E-state index contributed by atoms with van der Waals surface area (Å²) < 4.78 is 12.9. The lowest BCUT2D eigenvalue weighted by molar-refractivity contribution is -0.115. The van der Waals surface area contributed by atoms with E-state index < -0.39 is 5.91 Å². The number of hydrogen-bond acceptors (Lipinski definition) is 2. The first-order valence-electron chi connectivity index (χ1n) is 5.71. The van der Waals surface area contributed by atoms with Gasteiger partial charge in [-0.05, 0) is 36.3 Å². The minimum atomic E-state index is -0.701. The lowest BCUT2D eigenvalue weighted by Gasteiger charge is -2.32. The SMILES string of the molecule is C=C(C(N)=O)N(C(N)=S)C(CC)c1ccc(F)cc1. The van der Waals surface area contributed by atoms with Gasteiger partial charge in [0, 0.05) is 0 Å². The molecule has 0 aliphatic rings. The minimum Gasteiger partial charge on any atom is -0.376 e. The molecule has 0 radical (unpaired) electrons. The number of halogens is 1. The largest absolute Gasteiger partial charge is 0.376 e. The summed E-state index contributed by atoms with van der Waals surface area (Å²) in [6, 6.07) is 5.59. The van der Waals surface area contributed by atoms with E-state index in [1.54, 1.807) is 12.1 Å². The molecule has 19 heavy (non-hydrogen) atoms. The zero-order valence-electron chi connectivity index (χ0n) is 10.6. The van der Waals surface area contributed by atoms with Gasteiger partial charge in [0.1, 0.15) is 11.5 Å². The first-order chi connectivity index (χ1) is 8.88. The summed E-state index contributed by atoms with van der Waals surface area (Å²) in [6.07, 6.45) is 0.606. The standard InChI is InChI=1S/C13H16FN3OS/c1-3-11(9-4-6-10(14)7-5-9)17(13(16)19)8(2)12(15)18/h4-7,11H,2-3H2,1H3,(H2,15,18)(H2,16,19). The van der Waals surface area contributed by atoms with Crippen LogP contribution in [0, 0.1) is 5.82 Å². The zero-order valence-corrected chi connectivity index (χ0v) is 11.4. The highest BCUT2D eigenvalue weighted by Crippen LogP contribution is 2.27. The molecule has 6 heteroatoms. The molecule has 0 spiro atoms. The van der Waals surface area contributed by atoms with Gasteiger partial charge in [0.15, 0.2) is 5.11 Å². The maximum atomic E-state index is 12.9. The number of hydrogen-bond donors (Lipinski definition) is 2. The van der Waals surface area contributed by atoms with Crippen LogP contribution in [-0.2, 0) is 4.79 Å². The third-order valence-corrected chi connectivity index (χ3v) is 2.96. The molecule has 0 fully saturated rings. The molecule has 1 atom stereocenters. The summed E-state index contributed by atoms with van der Waals surface area (Å²) in [5.41, 5.74) is 11.6. The average molecular weight is 281 g/mol. The molecule has 1 unspecified atom stereocenters. The molecule has 1 rings (SSSR count). The normalized spacial score (nSPS) is 11.7. The van der Waals surface area contributed by atoms with Crippen molar-refractivity contribution in [2.24, 2.45) is 11.5 Å². The van der Waals surface area contributed by atoms with Crippen LogP contribution in [0.15, 0.2) is 36.5 Å². The predicted octanol–water partition coefficient (Wildman–Crippen LogP) is 1.82. The smallest absolute Gasteiger partial charge is 0.264 e. The fourth-order valence-corrected chi connectivity index (χ4v) is 2.08. The summed E-state index contributed by atoms with van der Waals surface area (Å²) in [5.74, 6) is -1.04. The monoisotopic (exact) mass is 281 g/mol. The van der Waals surface area contributed by atoms with Gasteiger partial charge >= 0.3 is 0 Å². The van der Waals surface area contributed by atoms with Crippen LogP contribution in [-0.4, -0.2) is 15.9 Å². The van der Waals surface area contributed by atoms with Gasteiger partial charge in [-0.2, -0.15) is 0 Å². The fraction of sp³-hybridized carbons (Fsp3) is 0.231. The van der Waals surface area contributed by atoms with E-state index in [0.717, 1.165) is 5.56 Å². The van der Waals surface area contributed by atoms with Gasteiger partial charge in [-0.15, -0.1) is 0 Å². The molecule has 0 heterocycles. The van der Waals surface area contributed by atoms with Crippen molar-refractivity contribution >= 4 is 23.2 Å². The number of primary amides is 1. The minimum absolute atomic E-state index is 0.0000231. The van der Waals surface area contributed by atoms with Gasteiger partial charge in [-0.1, -0.05) is 25.6 Å². The summed E-state index contributed by atoms with van der Waals surface area (Å²) in [5, 5.41) is -0.0000231. The quantitative estimate of drug-likeness (QED) is 0.638. The molecule has 1 aromatic carbocycles. The Morgan fingerprint density at radius 2 is 1.95 bits per heavy atom. The number of rotatable bonds is 5. The van der Waals surface area contributed by atoms with E-state index in [1.165, 1.54) is 17.0 Å². The maximum absolute atomic E-state index is 12.9. The van der Waals surface area contributed by atoms with Crippen molar-refractivity contribution in [1.82, 2.24) is 4.90 Å². The first kappa shape index (κ1) is 15.1. The van der Waals surface area contributed by atoms with Crippen LogP contribution in [0.1, 0.15) is 24.9 Å². The molecule has 4 N–H and O–H groups in total. The Kier molecular flexibility index (Phi) is 5.00. The second kappa shape index (κ2) is 6.29. The van der Waals surface area contributed by atoms with Crippen LogP contribution < -0.4 is 11.5 Å². The third-order valence-electron chi connectivity index (χ3n) is 2.77. The Hall–Kier alpha value is -1.95. The lowest BCUT2D eigenvalue weighted by atomic mass is 10.0. The van der Waals surface area contributed by atoms with Crippen molar-refractivity contribution in [3.05, 3.63) is 47.9 Å². The van der Waals surface area contributed by atoms with Crippen LogP contribution in [0.3, 0.4) is 0 Å². The fourth-order valence-electron chi connectivity index (χ4n) is 1.85. The molecule has 102 valence electrons. The molecule has 0 aliphatic heterocycles. The molecular formula is C13H16FN3OS. The highest BCUT2D eigenvalue weighted by atomic mass is 32.1. The molecular weight excluding hydrogens is 265 g/mol. The molecule has 1 amide bonds.